The first-order valence-corrected chi connectivity index (χ1v) is 8.97. The summed E-state index contributed by atoms with van der Waals surface area (Å²) < 4.78 is 11.8. The van der Waals surface area contributed by atoms with Gasteiger partial charge in [0.2, 0.25) is 0 Å². The molecular formula is C19H33N2O3+. The van der Waals surface area contributed by atoms with Crippen molar-refractivity contribution in [3.63, 3.8) is 0 Å². The number of aryl methyl sites for hydroxylation is 1. The minimum atomic E-state index is -0.124. The molecule has 1 heterocycles. The molecule has 1 aromatic rings. The van der Waals surface area contributed by atoms with Crippen LogP contribution in [-0.4, -0.2) is 42.9 Å². The lowest BCUT2D eigenvalue weighted by Crippen LogP contribution is -2.34. The summed E-state index contributed by atoms with van der Waals surface area (Å²) in [5.74, 6) is 1.34. The summed E-state index contributed by atoms with van der Waals surface area (Å²) in [6.45, 7) is 7.54. The van der Waals surface area contributed by atoms with Gasteiger partial charge in [-0.1, -0.05) is 25.9 Å². The predicted molar refractivity (Wildman–Crippen MR) is 93.2 cm³/mol. The number of hydrogen-bond donors (Lipinski definition) is 0. The molecule has 2 rings (SSSR count). The van der Waals surface area contributed by atoms with Crippen LogP contribution in [0.1, 0.15) is 57.9 Å². The van der Waals surface area contributed by atoms with Crippen molar-refractivity contribution in [1.29, 1.82) is 0 Å². The quantitative estimate of drug-likeness (QED) is 0.588. The fraction of sp³-hybridized carbons (Fsp3) is 0.789. The van der Waals surface area contributed by atoms with Gasteiger partial charge in [-0.05, 0) is 30.6 Å². The van der Waals surface area contributed by atoms with Crippen LogP contribution in [0.4, 0.5) is 0 Å². The maximum atomic E-state index is 12.2. The number of hydrogen-bond acceptors (Lipinski definition) is 4. The first-order valence-electron chi connectivity index (χ1n) is 8.97. The Kier molecular flexibility index (Phi) is 5.74. The highest BCUT2D eigenvalue weighted by molar-refractivity contribution is 5.69. The van der Waals surface area contributed by atoms with Crippen LogP contribution in [-0.2, 0) is 22.5 Å². The SMILES string of the molecule is C[C@H]1C[C@@H](OC(=O)CCc2cc(C[N+](C)(C)C)on2)CC(C)(C)C1. The van der Waals surface area contributed by atoms with Gasteiger partial charge < -0.3 is 13.7 Å². The van der Waals surface area contributed by atoms with Crippen molar-refractivity contribution in [3.05, 3.63) is 17.5 Å². The molecule has 1 aliphatic rings. The Morgan fingerprint density at radius 2 is 2.08 bits per heavy atom. The monoisotopic (exact) mass is 337 g/mol. The Labute approximate surface area is 145 Å². The number of nitrogens with zero attached hydrogens (tertiary/aromatic N) is 2. The molecule has 0 N–H and O–H groups in total. The Hall–Kier alpha value is -1.36. The molecule has 136 valence electrons. The van der Waals surface area contributed by atoms with E-state index in [1.807, 2.05) is 6.07 Å². The molecule has 1 aromatic heterocycles. The van der Waals surface area contributed by atoms with Crippen LogP contribution < -0.4 is 0 Å². The van der Waals surface area contributed by atoms with E-state index in [-0.39, 0.29) is 17.5 Å². The molecule has 1 fully saturated rings. The number of carbonyl (C=O) groups is 1. The molecule has 0 spiro atoms. The maximum Gasteiger partial charge on any atom is 0.306 e. The maximum absolute atomic E-state index is 12.2. The van der Waals surface area contributed by atoms with Crippen LogP contribution in [0.5, 0.6) is 0 Å². The lowest BCUT2D eigenvalue weighted by Gasteiger charge is -2.38. The van der Waals surface area contributed by atoms with Gasteiger partial charge in [0.15, 0.2) is 5.76 Å². The molecule has 5 nitrogen and oxygen atoms in total. The van der Waals surface area contributed by atoms with Gasteiger partial charge in [-0.15, -0.1) is 0 Å². The van der Waals surface area contributed by atoms with E-state index in [9.17, 15) is 4.79 Å². The third-order valence-corrected chi connectivity index (χ3v) is 4.47. The van der Waals surface area contributed by atoms with Crippen molar-refractivity contribution in [2.45, 2.75) is 65.5 Å². The summed E-state index contributed by atoms with van der Waals surface area (Å²) in [6.07, 6.45) is 4.14. The highest BCUT2D eigenvalue weighted by Crippen LogP contribution is 2.39. The Bertz CT molecular complexity index is 557. The van der Waals surface area contributed by atoms with Crippen LogP contribution in [0.2, 0.25) is 0 Å². The van der Waals surface area contributed by atoms with Crippen molar-refractivity contribution in [2.75, 3.05) is 21.1 Å². The molecule has 0 aromatic carbocycles. The second kappa shape index (κ2) is 7.26. The molecule has 0 amide bonds. The lowest BCUT2D eigenvalue weighted by atomic mass is 9.71. The van der Waals surface area contributed by atoms with Gasteiger partial charge in [0.1, 0.15) is 12.6 Å². The van der Waals surface area contributed by atoms with E-state index < -0.39 is 0 Å². The Morgan fingerprint density at radius 1 is 1.38 bits per heavy atom. The van der Waals surface area contributed by atoms with E-state index in [1.54, 1.807) is 0 Å². The first kappa shape index (κ1) is 19.0. The van der Waals surface area contributed by atoms with Gasteiger partial charge in [0, 0.05) is 12.5 Å². The Balaban J connectivity index is 1.79. The fourth-order valence-corrected chi connectivity index (χ4v) is 3.84. The molecule has 1 saturated carbocycles. The first-order chi connectivity index (χ1) is 11.0. The number of quaternary nitrogens is 1. The van der Waals surface area contributed by atoms with Crippen LogP contribution in [0.15, 0.2) is 10.6 Å². The average Bonchev–Trinajstić information content (AvgIpc) is 2.79. The van der Waals surface area contributed by atoms with Gasteiger partial charge in [-0.25, -0.2) is 0 Å². The van der Waals surface area contributed by atoms with Crippen LogP contribution in [0.3, 0.4) is 0 Å². The lowest BCUT2D eigenvalue weighted by molar-refractivity contribution is -0.885. The second-order valence-corrected chi connectivity index (χ2v) is 9.26. The molecule has 2 atom stereocenters. The summed E-state index contributed by atoms with van der Waals surface area (Å²) in [5.41, 5.74) is 1.09. The summed E-state index contributed by atoms with van der Waals surface area (Å²) in [4.78, 5) is 12.2. The van der Waals surface area contributed by atoms with Crippen molar-refractivity contribution in [1.82, 2.24) is 5.16 Å². The van der Waals surface area contributed by atoms with Crippen molar-refractivity contribution in [2.24, 2.45) is 11.3 Å². The summed E-state index contributed by atoms with van der Waals surface area (Å²) in [6, 6.07) is 1.95. The van der Waals surface area contributed by atoms with E-state index in [0.29, 0.717) is 18.8 Å². The van der Waals surface area contributed by atoms with E-state index >= 15 is 0 Å². The highest BCUT2D eigenvalue weighted by Gasteiger charge is 2.33. The predicted octanol–water partition coefficient (Wildman–Crippen LogP) is 3.57. The molecule has 0 aliphatic heterocycles. The van der Waals surface area contributed by atoms with Crippen LogP contribution >= 0.6 is 0 Å². The highest BCUT2D eigenvalue weighted by atomic mass is 16.5. The molecule has 24 heavy (non-hydrogen) atoms. The van der Waals surface area contributed by atoms with Gasteiger partial charge in [0.25, 0.3) is 0 Å². The average molecular weight is 337 g/mol. The number of ether oxygens (including phenoxy) is 1. The van der Waals surface area contributed by atoms with Gasteiger partial charge >= 0.3 is 5.97 Å². The van der Waals surface area contributed by atoms with Crippen molar-refractivity contribution < 1.29 is 18.5 Å². The zero-order valence-electron chi connectivity index (χ0n) is 16.1. The summed E-state index contributed by atoms with van der Waals surface area (Å²) >= 11 is 0. The number of rotatable bonds is 6. The number of carbonyl (C=O) groups excluding carboxylic acids is 1. The number of esters is 1. The van der Waals surface area contributed by atoms with E-state index in [1.165, 1.54) is 6.42 Å². The normalized spacial score (nSPS) is 23.9. The van der Waals surface area contributed by atoms with E-state index in [4.69, 9.17) is 9.26 Å². The molecule has 0 saturated heterocycles. The van der Waals surface area contributed by atoms with Crippen LogP contribution in [0, 0.1) is 11.3 Å². The van der Waals surface area contributed by atoms with Gasteiger partial charge in [0.05, 0.1) is 33.3 Å². The molecular weight excluding hydrogens is 304 g/mol. The van der Waals surface area contributed by atoms with Crippen molar-refractivity contribution >= 4 is 5.97 Å². The smallest absolute Gasteiger partial charge is 0.306 e. The molecule has 1 aliphatic carbocycles. The summed E-state index contributed by atoms with van der Waals surface area (Å²) in [7, 11) is 6.31. The zero-order valence-corrected chi connectivity index (χ0v) is 16.1. The van der Waals surface area contributed by atoms with E-state index in [2.05, 4.69) is 47.1 Å². The minimum absolute atomic E-state index is 0.0577. The van der Waals surface area contributed by atoms with Crippen LogP contribution in [0.25, 0.3) is 0 Å². The molecule has 0 unspecified atom stereocenters. The Morgan fingerprint density at radius 3 is 2.71 bits per heavy atom. The molecule has 0 radical (unpaired) electrons. The zero-order chi connectivity index (χ0) is 18.0. The summed E-state index contributed by atoms with van der Waals surface area (Å²) in [5, 5.41) is 4.06. The van der Waals surface area contributed by atoms with Crippen molar-refractivity contribution in [3.8, 4) is 0 Å². The molecule has 5 heteroatoms. The topological polar surface area (TPSA) is 52.3 Å². The third kappa shape index (κ3) is 6.27. The second-order valence-electron chi connectivity index (χ2n) is 9.26. The number of aromatic nitrogens is 1. The van der Waals surface area contributed by atoms with Gasteiger partial charge in [-0.2, -0.15) is 0 Å². The fourth-order valence-electron chi connectivity index (χ4n) is 3.84. The minimum Gasteiger partial charge on any atom is -0.462 e. The van der Waals surface area contributed by atoms with E-state index in [0.717, 1.165) is 35.3 Å². The third-order valence-electron chi connectivity index (χ3n) is 4.47. The molecule has 0 bridgehead atoms. The largest absolute Gasteiger partial charge is 0.462 e. The standard InChI is InChI=1S/C19H33N2O3/c1-14-9-16(12-19(2,3)11-14)23-18(22)8-7-15-10-17(24-20-15)13-21(4,5)6/h10,14,16H,7-9,11-13H2,1-6H3/q+1/t14-,16+/m0/s1. The van der Waals surface area contributed by atoms with Gasteiger partial charge in [-0.3, -0.25) is 4.79 Å².